The van der Waals surface area contributed by atoms with Crippen molar-refractivity contribution >= 4 is 44.8 Å². The highest BCUT2D eigenvalue weighted by atomic mass is 79.9. The largest absolute Gasteiger partial charge is 0.454 e. The summed E-state index contributed by atoms with van der Waals surface area (Å²) < 4.78 is 6.22. The topological polar surface area (TPSA) is 72.6 Å². The number of ether oxygens (including phenoxy) is 1. The molecule has 0 bridgehead atoms. The smallest absolute Gasteiger partial charge is 0.272 e. The van der Waals surface area contributed by atoms with Crippen LogP contribution in [-0.4, -0.2) is 10.0 Å². The first kappa shape index (κ1) is 16.0. The van der Waals surface area contributed by atoms with Crippen LogP contribution in [0.5, 0.6) is 11.5 Å². The number of nitro groups is 1. The van der Waals surface area contributed by atoms with Gasteiger partial charge >= 0.3 is 0 Å². The molecule has 2 aromatic carbocycles. The van der Waals surface area contributed by atoms with E-state index < -0.39 is 4.92 Å². The number of halogens is 3. The molecule has 0 heterocycles. The van der Waals surface area contributed by atoms with Gasteiger partial charge in [-0.15, -0.1) is 0 Å². The van der Waals surface area contributed by atoms with Gasteiger partial charge in [0.05, 0.1) is 21.6 Å². The van der Waals surface area contributed by atoms with Crippen LogP contribution in [0.25, 0.3) is 0 Å². The molecular weight excluding hydrogens is 385 g/mol. The van der Waals surface area contributed by atoms with Crippen molar-refractivity contribution in [3.63, 3.8) is 0 Å². The lowest BCUT2D eigenvalue weighted by atomic mass is 10.2. The first-order valence-electron chi connectivity index (χ1n) is 5.63. The van der Waals surface area contributed by atoms with Gasteiger partial charge < -0.3 is 9.84 Å². The lowest BCUT2D eigenvalue weighted by Gasteiger charge is -2.11. The summed E-state index contributed by atoms with van der Waals surface area (Å²) in [6.07, 6.45) is 0. The molecular formula is C13H8BrCl2NO4. The quantitative estimate of drug-likeness (QED) is 0.590. The minimum atomic E-state index is -0.589. The van der Waals surface area contributed by atoms with Crippen LogP contribution in [0.15, 0.2) is 34.8 Å². The zero-order valence-corrected chi connectivity index (χ0v) is 13.4. The predicted octanol–water partition coefficient (Wildman–Crippen LogP) is 4.95. The Kier molecular flexibility index (Phi) is 5.05. The molecule has 21 heavy (non-hydrogen) atoms. The molecule has 8 heteroatoms. The second-order valence-corrected chi connectivity index (χ2v) is 5.68. The van der Waals surface area contributed by atoms with Crippen LogP contribution < -0.4 is 4.74 Å². The summed E-state index contributed by atoms with van der Waals surface area (Å²) in [6.45, 7) is -0.111. The molecule has 0 saturated carbocycles. The minimum Gasteiger partial charge on any atom is -0.454 e. The molecule has 110 valence electrons. The summed E-state index contributed by atoms with van der Waals surface area (Å²) >= 11 is 15.2. The molecule has 5 nitrogen and oxygen atoms in total. The van der Waals surface area contributed by atoms with Crippen LogP contribution in [-0.2, 0) is 6.61 Å². The second kappa shape index (κ2) is 6.62. The molecule has 2 rings (SSSR count). The molecule has 0 aliphatic heterocycles. The van der Waals surface area contributed by atoms with Crippen molar-refractivity contribution in [2.45, 2.75) is 6.61 Å². The highest BCUT2D eigenvalue weighted by Crippen LogP contribution is 2.40. The predicted molar refractivity (Wildman–Crippen MR) is 83.3 cm³/mol. The Balaban J connectivity index is 2.35. The number of hydrogen-bond donors (Lipinski definition) is 1. The summed E-state index contributed by atoms with van der Waals surface area (Å²) in [5.74, 6) is 0.560. The highest BCUT2D eigenvalue weighted by molar-refractivity contribution is 9.10. The third-order valence-electron chi connectivity index (χ3n) is 2.61. The van der Waals surface area contributed by atoms with Crippen LogP contribution in [0.1, 0.15) is 5.56 Å². The molecule has 0 spiro atoms. The molecule has 0 radical (unpaired) electrons. The van der Waals surface area contributed by atoms with E-state index in [2.05, 4.69) is 15.9 Å². The number of nitrogens with zero attached hydrogens (tertiary/aromatic N) is 1. The summed E-state index contributed by atoms with van der Waals surface area (Å²) in [7, 11) is 0. The van der Waals surface area contributed by atoms with Gasteiger partial charge in [-0.2, -0.15) is 0 Å². The minimum absolute atomic E-state index is 0.0385. The van der Waals surface area contributed by atoms with E-state index >= 15 is 0 Å². The van der Waals surface area contributed by atoms with Crippen molar-refractivity contribution in [1.29, 1.82) is 0 Å². The number of non-ortho nitro benzene ring substituents is 1. The van der Waals surface area contributed by atoms with Gasteiger partial charge in [-0.05, 0) is 17.7 Å². The monoisotopic (exact) mass is 391 g/mol. The zero-order valence-electron chi connectivity index (χ0n) is 10.3. The molecule has 0 fully saturated rings. The van der Waals surface area contributed by atoms with E-state index in [1.807, 2.05) is 0 Å². The van der Waals surface area contributed by atoms with E-state index in [1.165, 1.54) is 12.1 Å². The molecule has 2 aromatic rings. The Bertz CT molecular complexity index is 686. The lowest BCUT2D eigenvalue weighted by Crippen LogP contribution is -1.92. The molecule has 0 aliphatic rings. The van der Waals surface area contributed by atoms with Crippen LogP contribution in [0.2, 0.25) is 10.0 Å². The van der Waals surface area contributed by atoms with E-state index in [0.29, 0.717) is 15.8 Å². The maximum Gasteiger partial charge on any atom is 0.272 e. The van der Waals surface area contributed by atoms with Crippen LogP contribution in [0.4, 0.5) is 5.69 Å². The van der Waals surface area contributed by atoms with E-state index in [4.69, 9.17) is 33.0 Å². The fraction of sp³-hybridized carbons (Fsp3) is 0.0769. The first-order valence-corrected chi connectivity index (χ1v) is 7.18. The van der Waals surface area contributed by atoms with E-state index in [-0.39, 0.29) is 28.1 Å². The maximum absolute atomic E-state index is 10.7. The Morgan fingerprint density at radius 3 is 2.33 bits per heavy atom. The van der Waals surface area contributed by atoms with Crippen molar-refractivity contribution in [2.24, 2.45) is 0 Å². The van der Waals surface area contributed by atoms with Gasteiger partial charge in [0.1, 0.15) is 5.75 Å². The van der Waals surface area contributed by atoms with Gasteiger partial charge in [0.2, 0.25) is 0 Å². The standard InChI is InChI=1S/C13H8BrCl2NO4/c14-10-5-9(2-1-7(10)6-18)21-13-11(15)3-8(17(19)20)4-12(13)16/h1-5,18H,6H2. The molecule has 0 saturated heterocycles. The number of aliphatic hydroxyl groups is 1. The average Bonchev–Trinajstić information content (AvgIpc) is 2.42. The van der Waals surface area contributed by atoms with E-state index in [1.54, 1.807) is 18.2 Å². The van der Waals surface area contributed by atoms with E-state index in [0.717, 1.165) is 0 Å². The first-order chi connectivity index (χ1) is 9.92. The molecule has 0 atom stereocenters. The van der Waals surface area contributed by atoms with Gasteiger partial charge in [-0.1, -0.05) is 45.2 Å². The Hall–Kier alpha value is -1.34. The van der Waals surface area contributed by atoms with Crippen molar-refractivity contribution in [3.8, 4) is 11.5 Å². The fourth-order valence-corrected chi connectivity index (χ4v) is 2.62. The van der Waals surface area contributed by atoms with Crippen LogP contribution >= 0.6 is 39.1 Å². The van der Waals surface area contributed by atoms with Crippen LogP contribution in [0, 0.1) is 10.1 Å². The summed E-state index contributed by atoms with van der Waals surface area (Å²) in [6, 6.07) is 7.27. The maximum atomic E-state index is 10.7. The SMILES string of the molecule is O=[N+]([O-])c1cc(Cl)c(Oc2ccc(CO)c(Br)c2)c(Cl)c1. The Morgan fingerprint density at radius 2 is 1.86 bits per heavy atom. The highest BCUT2D eigenvalue weighted by Gasteiger charge is 2.16. The van der Waals surface area contributed by atoms with Gasteiger partial charge in [0.25, 0.3) is 5.69 Å². The van der Waals surface area contributed by atoms with Crippen molar-refractivity contribution in [3.05, 3.63) is 60.5 Å². The third kappa shape index (κ3) is 3.65. The van der Waals surface area contributed by atoms with Gasteiger partial charge in [-0.3, -0.25) is 10.1 Å². The molecule has 0 aromatic heterocycles. The summed E-state index contributed by atoms with van der Waals surface area (Å²) in [4.78, 5) is 10.1. The number of nitro benzene ring substituents is 1. The Labute approximate surface area is 138 Å². The van der Waals surface area contributed by atoms with Crippen molar-refractivity contribution in [1.82, 2.24) is 0 Å². The average molecular weight is 393 g/mol. The van der Waals surface area contributed by atoms with E-state index in [9.17, 15) is 10.1 Å². The van der Waals surface area contributed by atoms with Gasteiger partial charge in [0, 0.05) is 16.6 Å². The number of hydrogen-bond acceptors (Lipinski definition) is 4. The van der Waals surface area contributed by atoms with Crippen molar-refractivity contribution < 1.29 is 14.8 Å². The molecule has 0 amide bonds. The van der Waals surface area contributed by atoms with Gasteiger partial charge in [-0.25, -0.2) is 0 Å². The van der Waals surface area contributed by atoms with Crippen molar-refractivity contribution in [2.75, 3.05) is 0 Å². The lowest BCUT2D eigenvalue weighted by molar-refractivity contribution is -0.384. The second-order valence-electron chi connectivity index (χ2n) is 4.01. The number of aliphatic hydroxyl groups excluding tert-OH is 1. The van der Waals surface area contributed by atoms with Crippen LogP contribution in [0.3, 0.4) is 0 Å². The summed E-state index contributed by atoms with van der Waals surface area (Å²) in [5, 5.41) is 19.9. The van der Waals surface area contributed by atoms with Gasteiger partial charge in [0.15, 0.2) is 5.75 Å². The summed E-state index contributed by atoms with van der Waals surface area (Å²) in [5.41, 5.74) is 0.484. The number of rotatable bonds is 4. The molecule has 1 N–H and O–H groups in total. The molecule has 0 unspecified atom stereocenters. The normalized spacial score (nSPS) is 10.5. The third-order valence-corrected chi connectivity index (χ3v) is 3.91. The number of benzene rings is 2. The zero-order chi connectivity index (χ0) is 15.6. The fourth-order valence-electron chi connectivity index (χ4n) is 1.59. The molecule has 0 aliphatic carbocycles. The Morgan fingerprint density at radius 1 is 1.24 bits per heavy atom.